The summed E-state index contributed by atoms with van der Waals surface area (Å²) in [6.45, 7) is 0.809. The van der Waals surface area contributed by atoms with E-state index in [0.29, 0.717) is 17.5 Å². The number of hydrogen-bond donors (Lipinski definition) is 0. The highest BCUT2D eigenvalue weighted by Gasteiger charge is 2.37. The summed E-state index contributed by atoms with van der Waals surface area (Å²) in [5, 5.41) is 0. The molecule has 96 valence electrons. The first-order valence-electron chi connectivity index (χ1n) is 6.68. The highest BCUT2D eigenvalue weighted by molar-refractivity contribution is 5.94. The normalized spacial score (nSPS) is 27.1. The van der Waals surface area contributed by atoms with Gasteiger partial charge in [-0.3, -0.25) is 4.79 Å². The maximum absolute atomic E-state index is 13.1. The smallest absolute Gasteiger partial charge is 0.254 e. The average molecular weight is 248 g/mol. The van der Waals surface area contributed by atoms with E-state index in [0.717, 1.165) is 19.4 Å². The van der Waals surface area contributed by atoms with Gasteiger partial charge in [0.2, 0.25) is 5.95 Å². The zero-order chi connectivity index (χ0) is 12.5. The first-order chi connectivity index (χ1) is 8.75. The Kier molecular flexibility index (Phi) is 3.02. The van der Waals surface area contributed by atoms with Crippen LogP contribution in [0, 0.1) is 11.9 Å². The standard InChI is InChI=1S/C14H17FN2O/c15-13-9-11(6-7-16-13)14(18)17-8-2-4-10-3-1-5-12(10)17/h6-7,9-10,12H,1-5,8H2. The highest BCUT2D eigenvalue weighted by atomic mass is 19.1. The molecule has 1 saturated heterocycles. The third-order valence-corrected chi connectivity index (χ3v) is 4.23. The van der Waals surface area contributed by atoms with Crippen molar-refractivity contribution in [2.45, 2.75) is 38.1 Å². The van der Waals surface area contributed by atoms with Crippen LogP contribution in [0.15, 0.2) is 18.3 Å². The van der Waals surface area contributed by atoms with E-state index < -0.39 is 5.95 Å². The summed E-state index contributed by atoms with van der Waals surface area (Å²) in [6, 6.07) is 3.22. The Balaban J connectivity index is 1.83. The first kappa shape index (κ1) is 11.6. The van der Waals surface area contributed by atoms with Gasteiger partial charge >= 0.3 is 0 Å². The number of piperidine rings is 1. The molecule has 18 heavy (non-hydrogen) atoms. The number of carbonyl (C=O) groups excluding carboxylic acids is 1. The number of likely N-dealkylation sites (tertiary alicyclic amines) is 1. The summed E-state index contributed by atoms with van der Waals surface area (Å²) in [7, 11) is 0. The Morgan fingerprint density at radius 3 is 3.00 bits per heavy atom. The molecule has 0 radical (unpaired) electrons. The number of rotatable bonds is 1. The van der Waals surface area contributed by atoms with Gasteiger partial charge in [0.05, 0.1) is 0 Å². The molecule has 0 aromatic carbocycles. The Hall–Kier alpha value is -1.45. The second-order valence-electron chi connectivity index (χ2n) is 5.27. The summed E-state index contributed by atoms with van der Waals surface area (Å²) in [5.74, 6) is 0.0446. The van der Waals surface area contributed by atoms with Crippen LogP contribution < -0.4 is 0 Å². The van der Waals surface area contributed by atoms with Crippen LogP contribution in [-0.2, 0) is 0 Å². The van der Waals surface area contributed by atoms with Crippen molar-refractivity contribution in [1.29, 1.82) is 0 Å². The van der Waals surface area contributed by atoms with Crippen LogP contribution in [-0.4, -0.2) is 28.4 Å². The number of carbonyl (C=O) groups is 1. The minimum atomic E-state index is -0.583. The van der Waals surface area contributed by atoms with Gasteiger partial charge in [0.15, 0.2) is 0 Å². The van der Waals surface area contributed by atoms with Gasteiger partial charge in [0.25, 0.3) is 5.91 Å². The van der Waals surface area contributed by atoms with Gasteiger partial charge in [-0.25, -0.2) is 4.98 Å². The molecule has 1 amide bonds. The zero-order valence-electron chi connectivity index (χ0n) is 10.3. The SMILES string of the molecule is O=C(c1ccnc(F)c1)N1CCCC2CCCC21. The van der Waals surface area contributed by atoms with Crippen molar-refractivity contribution in [2.24, 2.45) is 5.92 Å². The van der Waals surface area contributed by atoms with Crippen molar-refractivity contribution in [3.63, 3.8) is 0 Å². The third-order valence-electron chi connectivity index (χ3n) is 4.23. The van der Waals surface area contributed by atoms with Crippen LogP contribution >= 0.6 is 0 Å². The predicted molar refractivity (Wildman–Crippen MR) is 65.6 cm³/mol. The van der Waals surface area contributed by atoms with Crippen LogP contribution in [0.4, 0.5) is 4.39 Å². The van der Waals surface area contributed by atoms with Crippen molar-refractivity contribution in [3.05, 3.63) is 29.8 Å². The molecule has 2 aliphatic rings. The molecule has 2 unspecified atom stereocenters. The molecule has 0 N–H and O–H groups in total. The number of fused-ring (bicyclic) bond motifs is 1. The quantitative estimate of drug-likeness (QED) is 0.716. The fraction of sp³-hybridized carbons (Fsp3) is 0.571. The van der Waals surface area contributed by atoms with E-state index in [1.54, 1.807) is 6.07 Å². The lowest BCUT2D eigenvalue weighted by Crippen LogP contribution is -2.46. The maximum Gasteiger partial charge on any atom is 0.254 e. The van der Waals surface area contributed by atoms with E-state index in [9.17, 15) is 9.18 Å². The Morgan fingerprint density at radius 2 is 2.17 bits per heavy atom. The molecule has 2 fully saturated rings. The molecule has 3 nitrogen and oxygen atoms in total. The van der Waals surface area contributed by atoms with Gasteiger partial charge in [-0.2, -0.15) is 4.39 Å². The molecule has 4 heteroatoms. The Labute approximate surface area is 106 Å². The number of amides is 1. The molecule has 2 heterocycles. The van der Waals surface area contributed by atoms with Gasteiger partial charge in [0, 0.05) is 30.4 Å². The van der Waals surface area contributed by atoms with Crippen molar-refractivity contribution in [2.75, 3.05) is 6.54 Å². The topological polar surface area (TPSA) is 33.2 Å². The average Bonchev–Trinajstić information content (AvgIpc) is 2.86. The van der Waals surface area contributed by atoms with Crippen molar-refractivity contribution >= 4 is 5.91 Å². The number of halogens is 1. The molecule has 0 bridgehead atoms. The third kappa shape index (κ3) is 2.00. The minimum absolute atomic E-state index is 0.0344. The van der Waals surface area contributed by atoms with Gasteiger partial charge < -0.3 is 4.90 Å². The number of hydrogen-bond acceptors (Lipinski definition) is 2. The summed E-state index contributed by atoms with van der Waals surface area (Å²) >= 11 is 0. The molecular weight excluding hydrogens is 231 g/mol. The van der Waals surface area contributed by atoms with Crippen molar-refractivity contribution in [1.82, 2.24) is 9.88 Å². The summed E-state index contributed by atoms with van der Waals surface area (Å²) in [4.78, 5) is 17.9. The van der Waals surface area contributed by atoms with Crippen LogP contribution in [0.1, 0.15) is 42.5 Å². The molecule has 1 aliphatic carbocycles. The van der Waals surface area contributed by atoms with Crippen molar-refractivity contribution < 1.29 is 9.18 Å². The van der Waals surface area contributed by atoms with E-state index in [1.165, 1.54) is 31.5 Å². The Bertz CT molecular complexity index is 463. The number of nitrogens with zero attached hydrogens (tertiary/aromatic N) is 2. The Morgan fingerprint density at radius 1 is 1.33 bits per heavy atom. The molecule has 0 spiro atoms. The summed E-state index contributed by atoms with van der Waals surface area (Å²) in [5.41, 5.74) is 0.426. The zero-order valence-corrected chi connectivity index (χ0v) is 10.3. The van der Waals surface area contributed by atoms with Gasteiger partial charge in [-0.15, -0.1) is 0 Å². The molecule has 3 rings (SSSR count). The van der Waals surface area contributed by atoms with E-state index >= 15 is 0 Å². The maximum atomic E-state index is 13.1. The lowest BCUT2D eigenvalue weighted by molar-refractivity contribution is 0.0547. The predicted octanol–water partition coefficient (Wildman–Crippen LogP) is 2.63. The lowest BCUT2D eigenvalue weighted by Gasteiger charge is -2.37. The van der Waals surface area contributed by atoms with Crippen LogP contribution in [0.5, 0.6) is 0 Å². The molecule has 2 atom stereocenters. The molecule has 1 saturated carbocycles. The van der Waals surface area contributed by atoms with Gasteiger partial charge in [0.1, 0.15) is 0 Å². The van der Waals surface area contributed by atoms with E-state index in [4.69, 9.17) is 0 Å². The van der Waals surface area contributed by atoms with E-state index in [-0.39, 0.29) is 5.91 Å². The second kappa shape index (κ2) is 4.67. The van der Waals surface area contributed by atoms with Crippen molar-refractivity contribution in [3.8, 4) is 0 Å². The summed E-state index contributed by atoms with van der Waals surface area (Å²) < 4.78 is 13.1. The summed E-state index contributed by atoms with van der Waals surface area (Å²) in [6.07, 6.45) is 7.21. The number of pyridine rings is 1. The van der Waals surface area contributed by atoms with Gasteiger partial charge in [-0.05, 0) is 37.7 Å². The molecule has 1 aromatic heterocycles. The molecule has 1 aliphatic heterocycles. The fourth-order valence-corrected chi connectivity index (χ4v) is 3.41. The second-order valence-corrected chi connectivity index (χ2v) is 5.27. The largest absolute Gasteiger partial charge is 0.335 e. The first-order valence-corrected chi connectivity index (χ1v) is 6.68. The number of aromatic nitrogens is 1. The molecular formula is C14H17FN2O. The highest BCUT2D eigenvalue weighted by Crippen LogP contribution is 2.37. The van der Waals surface area contributed by atoms with Gasteiger partial charge in [-0.1, -0.05) is 6.42 Å². The monoisotopic (exact) mass is 248 g/mol. The fourth-order valence-electron chi connectivity index (χ4n) is 3.41. The van der Waals surface area contributed by atoms with Crippen LogP contribution in [0.3, 0.4) is 0 Å². The van der Waals surface area contributed by atoms with E-state index in [1.807, 2.05) is 4.90 Å². The van der Waals surface area contributed by atoms with Crippen LogP contribution in [0.2, 0.25) is 0 Å². The minimum Gasteiger partial charge on any atom is -0.335 e. The van der Waals surface area contributed by atoms with Crippen LogP contribution in [0.25, 0.3) is 0 Å². The van der Waals surface area contributed by atoms with E-state index in [2.05, 4.69) is 4.98 Å². The lowest BCUT2D eigenvalue weighted by atomic mass is 9.91. The molecule has 1 aromatic rings.